The lowest BCUT2D eigenvalue weighted by atomic mass is 10.5. The Kier molecular flexibility index (Phi) is 4.07. The predicted octanol–water partition coefficient (Wildman–Crippen LogP) is 0.857. The lowest BCUT2D eigenvalue weighted by molar-refractivity contribution is 0.177. The molecular formula is C7H8BrN3O4S. The van der Waals surface area contributed by atoms with Crippen LogP contribution in [-0.2, 0) is 14.9 Å². The van der Waals surface area contributed by atoms with Gasteiger partial charge in [0.15, 0.2) is 0 Å². The maximum Gasteiger partial charge on any atom is 0.422 e. The number of amides is 1. The summed E-state index contributed by atoms with van der Waals surface area (Å²) in [5.41, 5.74) is 0. The molecule has 0 aliphatic heterocycles. The fourth-order valence-corrected chi connectivity index (χ4v) is 1.87. The van der Waals surface area contributed by atoms with E-state index in [1.54, 1.807) is 16.9 Å². The van der Waals surface area contributed by atoms with E-state index in [2.05, 4.69) is 25.7 Å². The van der Waals surface area contributed by atoms with Crippen molar-refractivity contribution in [1.82, 2.24) is 9.71 Å². The van der Waals surface area contributed by atoms with Gasteiger partial charge in [0.05, 0.1) is 7.11 Å². The van der Waals surface area contributed by atoms with Crippen molar-refractivity contribution in [3.63, 3.8) is 0 Å². The van der Waals surface area contributed by atoms with Crippen LogP contribution in [0.1, 0.15) is 0 Å². The first-order chi connectivity index (χ1) is 7.43. The number of nitrogens with one attached hydrogen (secondary N) is 2. The van der Waals surface area contributed by atoms with E-state index in [1.165, 1.54) is 6.07 Å². The zero-order valence-electron chi connectivity index (χ0n) is 8.10. The summed E-state index contributed by atoms with van der Waals surface area (Å²) in [6, 6.07) is 4.65. The van der Waals surface area contributed by atoms with E-state index in [1.807, 2.05) is 4.72 Å². The number of hydrogen-bond acceptors (Lipinski definition) is 5. The van der Waals surface area contributed by atoms with Gasteiger partial charge >= 0.3 is 16.3 Å². The molecule has 0 unspecified atom stereocenters. The van der Waals surface area contributed by atoms with Crippen molar-refractivity contribution in [3.8, 4) is 0 Å². The molecule has 0 saturated heterocycles. The predicted molar refractivity (Wildman–Crippen MR) is 60.0 cm³/mol. The fraction of sp³-hybridized carbons (Fsp3) is 0.143. The third-order valence-electron chi connectivity index (χ3n) is 1.36. The number of halogens is 1. The topological polar surface area (TPSA) is 97.4 Å². The molecule has 0 radical (unpaired) electrons. The monoisotopic (exact) mass is 309 g/mol. The molecule has 7 nitrogen and oxygen atoms in total. The van der Waals surface area contributed by atoms with Gasteiger partial charge in [-0.05, 0) is 28.1 Å². The molecule has 0 aliphatic rings. The molecule has 0 fully saturated rings. The number of aromatic nitrogens is 1. The van der Waals surface area contributed by atoms with Crippen molar-refractivity contribution in [3.05, 3.63) is 22.8 Å². The summed E-state index contributed by atoms with van der Waals surface area (Å²) in [5, 5.41) is 0. The Balaban J connectivity index is 2.77. The zero-order valence-corrected chi connectivity index (χ0v) is 10.5. The molecule has 1 aromatic rings. The van der Waals surface area contributed by atoms with E-state index >= 15 is 0 Å². The summed E-state index contributed by atoms with van der Waals surface area (Å²) in [5.74, 6) is 0.0748. The van der Waals surface area contributed by atoms with Crippen LogP contribution in [0.15, 0.2) is 22.8 Å². The Hall–Kier alpha value is -1.35. The number of methoxy groups -OCH3 is 1. The van der Waals surface area contributed by atoms with Gasteiger partial charge in [0.1, 0.15) is 10.4 Å². The van der Waals surface area contributed by atoms with Crippen molar-refractivity contribution in [2.24, 2.45) is 0 Å². The van der Waals surface area contributed by atoms with Gasteiger partial charge in [-0.2, -0.15) is 8.42 Å². The normalized spacial score (nSPS) is 10.6. The standard InChI is InChI=1S/C7H8BrN3O4S/c1-15-7(12)11-16(13,14)10-6-4-2-3-5(8)9-6/h2-4H,1H3,(H,9,10)(H,11,12). The molecule has 88 valence electrons. The summed E-state index contributed by atoms with van der Waals surface area (Å²) < 4.78 is 30.9. The van der Waals surface area contributed by atoms with E-state index in [4.69, 9.17) is 0 Å². The molecule has 0 bridgehead atoms. The van der Waals surface area contributed by atoms with Crippen LogP contribution in [-0.4, -0.2) is 26.6 Å². The van der Waals surface area contributed by atoms with E-state index in [0.717, 1.165) is 7.11 Å². The number of ether oxygens (including phenoxy) is 1. The first-order valence-corrected chi connectivity index (χ1v) is 6.21. The molecule has 0 saturated carbocycles. The average molecular weight is 310 g/mol. The van der Waals surface area contributed by atoms with Gasteiger partial charge in [0, 0.05) is 0 Å². The van der Waals surface area contributed by atoms with Crippen molar-refractivity contribution >= 4 is 38.1 Å². The van der Waals surface area contributed by atoms with Crippen LogP contribution < -0.4 is 9.44 Å². The Morgan fingerprint density at radius 1 is 1.50 bits per heavy atom. The smallest absolute Gasteiger partial charge is 0.422 e. The summed E-state index contributed by atoms with van der Waals surface area (Å²) in [4.78, 5) is 14.5. The highest BCUT2D eigenvalue weighted by Crippen LogP contribution is 2.10. The molecule has 0 aliphatic carbocycles. The largest absolute Gasteiger partial charge is 0.452 e. The third kappa shape index (κ3) is 4.03. The summed E-state index contributed by atoms with van der Waals surface area (Å²) >= 11 is 3.08. The van der Waals surface area contributed by atoms with E-state index in [-0.39, 0.29) is 5.82 Å². The van der Waals surface area contributed by atoms with Crippen molar-refractivity contribution in [2.75, 3.05) is 11.8 Å². The summed E-state index contributed by atoms with van der Waals surface area (Å²) in [6.07, 6.45) is -1.08. The number of anilines is 1. The molecule has 1 rings (SSSR count). The molecule has 1 amide bonds. The molecule has 9 heteroatoms. The number of hydrogen-bond donors (Lipinski definition) is 2. The third-order valence-corrected chi connectivity index (χ3v) is 2.71. The number of carbonyl (C=O) groups excluding carboxylic acids is 1. The molecule has 0 spiro atoms. The van der Waals surface area contributed by atoms with E-state index < -0.39 is 16.3 Å². The van der Waals surface area contributed by atoms with Gasteiger partial charge in [-0.1, -0.05) is 6.07 Å². The maximum absolute atomic E-state index is 11.3. The second-order valence-corrected chi connectivity index (χ2v) is 4.77. The van der Waals surface area contributed by atoms with Gasteiger partial charge < -0.3 is 4.74 Å². The maximum atomic E-state index is 11.3. The first-order valence-electron chi connectivity index (χ1n) is 3.94. The minimum Gasteiger partial charge on any atom is -0.452 e. The highest BCUT2D eigenvalue weighted by molar-refractivity contribution is 9.10. The highest BCUT2D eigenvalue weighted by atomic mass is 79.9. The molecular weight excluding hydrogens is 302 g/mol. The lowest BCUT2D eigenvalue weighted by Crippen LogP contribution is -2.35. The molecule has 1 aromatic heterocycles. The second-order valence-electron chi connectivity index (χ2n) is 2.54. The number of nitrogens with zero attached hydrogens (tertiary/aromatic N) is 1. The van der Waals surface area contributed by atoms with Gasteiger partial charge in [-0.25, -0.2) is 14.5 Å². The minimum absolute atomic E-state index is 0.0748. The molecule has 16 heavy (non-hydrogen) atoms. The van der Waals surface area contributed by atoms with E-state index in [0.29, 0.717) is 4.60 Å². The number of carbonyl (C=O) groups is 1. The van der Waals surface area contributed by atoms with Gasteiger partial charge in [0.2, 0.25) is 0 Å². The second kappa shape index (κ2) is 5.12. The van der Waals surface area contributed by atoms with Crippen LogP contribution in [0, 0.1) is 0 Å². The van der Waals surface area contributed by atoms with Crippen LogP contribution in [0.5, 0.6) is 0 Å². The fourth-order valence-electron chi connectivity index (χ4n) is 0.780. The summed E-state index contributed by atoms with van der Waals surface area (Å²) in [6.45, 7) is 0. The Morgan fingerprint density at radius 2 is 2.19 bits per heavy atom. The molecule has 1 heterocycles. The highest BCUT2D eigenvalue weighted by Gasteiger charge is 2.14. The molecule has 0 atom stereocenters. The SMILES string of the molecule is COC(=O)NS(=O)(=O)Nc1cccc(Br)n1. The van der Waals surface area contributed by atoms with Crippen LogP contribution >= 0.6 is 15.9 Å². The van der Waals surface area contributed by atoms with E-state index in [9.17, 15) is 13.2 Å². The van der Waals surface area contributed by atoms with Crippen LogP contribution in [0.3, 0.4) is 0 Å². The van der Waals surface area contributed by atoms with Crippen LogP contribution in [0.2, 0.25) is 0 Å². The summed E-state index contributed by atoms with van der Waals surface area (Å²) in [7, 11) is -2.96. The minimum atomic E-state index is -4.02. The van der Waals surface area contributed by atoms with Crippen LogP contribution in [0.4, 0.5) is 10.6 Å². The lowest BCUT2D eigenvalue weighted by Gasteiger charge is -2.07. The Morgan fingerprint density at radius 3 is 2.75 bits per heavy atom. The number of pyridine rings is 1. The zero-order chi connectivity index (χ0) is 12.2. The van der Waals surface area contributed by atoms with Crippen molar-refractivity contribution in [2.45, 2.75) is 0 Å². The van der Waals surface area contributed by atoms with Gasteiger partial charge in [0.25, 0.3) is 0 Å². The van der Waals surface area contributed by atoms with Crippen LogP contribution in [0.25, 0.3) is 0 Å². The first kappa shape index (κ1) is 12.7. The Bertz CT molecular complexity index is 490. The Labute approximate surface area is 101 Å². The molecule has 0 aromatic carbocycles. The number of rotatable bonds is 3. The van der Waals surface area contributed by atoms with Crippen molar-refractivity contribution < 1.29 is 17.9 Å². The quantitative estimate of drug-likeness (QED) is 0.807. The van der Waals surface area contributed by atoms with Crippen molar-refractivity contribution in [1.29, 1.82) is 0 Å². The van der Waals surface area contributed by atoms with Gasteiger partial charge in [-0.15, -0.1) is 0 Å². The molecule has 2 N–H and O–H groups in total. The van der Waals surface area contributed by atoms with Gasteiger partial charge in [-0.3, -0.25) is 4.72 Å². The average Bonchev–Trinajstić information content (AvgIpc) is 2.15.